The van der Waals surface area contributed by atoms with Gasteiger partial charge in [0.2, 0.25) is 0 Å². The Balaban J connectivity index is 1.99. The number of pyridine rings is 1. The van der Waals surface area contributed by atoms with Gasteiger partial charge in [-0.25, -0.2) is 19.3 Å². The molecule has 8 nitrogen and oxygen atoms in total. The van der Waals surface area contributed by atoms with Crippen molar-refractivity contribution in [3.63, 3.8) is 0 Å². The van der Waals surface area contributed by atoms with E-state index in [9.17, 15) is 4.79 Å². The van der Waals surface area contributed by atoms with Crippen LogP contribution < -0.4 is 5.69 Å². The van der Waals surface area contributed by atoms with Gasteiger partial charge in [-0.15, -0.1) is 0 Å². The van der Waals surface area contributed by atoms with E-state index < -0.39 is 0 Å². The maximum atomic E-state index is 11.3. The first-order chi connectivity index (χ1) is 10.2. The van der Waals surface area contributed by atoms with Gasteiger partial charge in [-0.05, 0) is 12.1 Å². The SMILES string of the molecule is N#Cc1ccn2ncc(-c3ncc4[nH]c(=O)[nH]c4n3)c2c1. The second kappa shape index (κ2) is 4.01. The number of nitrogens with zero attached hydrogens (tertiary/aromatic N) is 5. The Morgan fingerprint density at radius 1 is 1.29 bits per heavy atom. The standard InChI is InChI=1S/C13H7N7O/c14-4-7-1-2-20-10(3-7)8(5-16-20)11-15-6-9-12(18-11)19-13(21)17-9/h1-3,5-6H,(H2,15,17,18,19,21). The highest BCUT2D eigenvalue weighted by Crippen LogP contribution is 2.22. The van der Waals surface area contributed by atoms with Crippen molar-refractivity contribution < 1.29 is 0 Å². The molecule has 21 heavy (non-hydrogen) atoms. The fourth-order valence-electron chi connectivity index (χ4n) is 2.18. The molecular weight excluding hydrogens is 270 g/mol. The van der Waals surface area contributed by atoms with Gasteiger partial charge in [0.15, 0.2) is 11.5 Å². The van der Waals surface area contributed by atoms with E-state index in [1.807, 2.05) is 0 Å². The van der Waals surface area contributed by atoms with Crippen LogP contribution in [0.1, 0.15) is 5.56 Å². The highest BCUT2D eigenvalue weighted by Gasteiger charge is 2.11. The number of rotatable bonds is 1. The lowest BCUT2D eigenvalue weighted by Crippen LogP contribution is -1.99. The van der Waals surface area contributed by atoms with Gasteiger partial charge in [0, 0.05) is 6.20 Å². The molecule has 0 aliphatic heterocycles. The Morgan fingerprint density at radius 3 is 3.05 bits per heavy atom. The minimum atomic E-state index is -0.330. The van der Waals surface area contributed by atoms with Crippen molar-refractivity contribution in [3.05, 3.63) is 46.8 Å². The zero-order chi connectivity index (χ0) is 14.4. The first-order valence-corrected chi connectivity index (χ1v) is 6.07. The lowest BCUT2D eigenvalue weighted by atomic mass is 10.2. The highest BCUT2D eigenvalue weighted by molar-refractivity contribution is 5.79. The van der Waals surface area contributed by atoms with Gasteiger partial charge >= 0.3 is 5.69 Å². The number of hydrogen-bond acceptors (Lipinski definition) is 5. The molecular formula is C13H7N7O. The number of H-pyrrole nitrogens is 2. The van der Waals surface area contributed by atoms with Crippen molar-refractivity contribution in [3.8, 4) is 17.5 Å². The van der Waals surface area contributed by atoms with E-state index >= 15 is 0 Å². The smallest absolute Gasteiger partial charge is 0.303 e. The molecule has 0 atom stereocenters. The van der Waals surface area contributed by atoms with Crippen molar-refractivity contribution >= 4 is 16.7 Å². The van der Waals surface area contributed by atoms with Crippen LogP contribution in [-0.2, 0) is 0 Å². The molecule has 0 aromatic carbocycles. The molecule has 0 unspecified atom stereocenters. The summed E-state index contributed by atoms with van der Waals surface area (Å²) in [5, 5.41) is 13.2. The molecule has 0 fully saturated rings. The van der Waals surface area contributed by atoms with Crippen molar-refractivity contribution in [1.29, 1.82) is 5.26 Å². The van der Waals surface area contributed by atoms with Crippen LogP contribution in [0.5, 0.6) is 0 Å². The molecule has 0 amide bonds. The summed E-state index contributed by atoms with van der Waals surface area (Å²) in [6, 6.07) is 5.48. The number of imidazole rings is 1. The first kappa shape index (κ1) is 11.4. The Labute approximate surface area is 116 Å². The number of fused-ring (bicyclic) bond motifs is 2. The molecule has 0 saturated carbocycles. The number of hydrogen-bond donors (Lipinski definition) is 2. The van der Waals surface area contributed by atoms with Crippen LogP contribution in [0.15, 0.2) is 35.5 Å². The Kier molecular flexibility index (Phi) is 2.17. The molecule has 4 aromatic rings. The summed E-state index contributed by atoms with van der Waals surface area (Å²) in [6.07, 6.45) is 4.86. The predicted molar refractivity (Wildman–Crippen MR) is 73.4 cm³/mol. The second-order valence-corrected chi connectivity index (χ2v) is 4.45. The lowest BCUT2D eigenvalue weighted by Gasteiger charge is -1.98. The van der Waals surface area contributed by atoms with Gasteiger partial charge in [0.1, 0.15) is 5.52 Å². The monoisotopic (exact) mass is 277 g/mol. The summed E-state index contributed by atoms with van der Waals surface area (Å²) in [7, 11) is 0. The fraction of sp³-hybridized carbons (Fsp3) is 0. The van der Waals surface area contributed by atoms with Crippen LogP contribution >= 0.6 is 0 Å². The van der Waals surface area contributed by atoms with E-state index in [0.717, 1.165) is 5.52 Å². The second-order valence-electron chi connectivity index (χ2n) is 4.45. The minimum Gasteiger partial charge on any atom is -0.303 e. The van der Waals surface area contributed by atoms with Crippen molar-refractivity contribution in [2.24, 2.45) is 0 Å². The van der Waals surface area contributed by atoms with Gasteiger partial charge in [-0.2, -0.15) is 10.4 Å². The first-order valence-electron chi connectivity index (χ1n) is 6.07. The number of nitrogens with one attached hydrogen (secondary N) is 2. The summed E-state index contributed by atoms with van der Waals surface area (Å²) in [5.74, 6) is 0.433. The van der Waals surface area contributed by atoms with Gasteiger partial charge in [-0.1, -0.05) is 0 Å². The normalized spacial score (nSPS) is 11.0. The average molecular weight is 277 g/mol. The molecule has 0 spiro atoms. The van der Waals surface area contributed by atoms with Crippen LogP contribution in [0, 0.1) is 11.3 Å². The van der Waals surface area contributed by atoms with Crippen LogP contribution in [0.25, 0.3) is 28.1 Å². The van der Waals surface area contributed by atoms with E-state index in [2.05, 4.69) is 31.1 Å². The van der Waals surface area contributed by atoms with Crippen LogP contribution in [0.3, 0.4) is 0 Å². The molecule has 4 aromatic heterocycles. The van der Waals surface area contributed by atoms with Crippen LogP contribution in [0.4, 0.5) is 0 Å². The zero-order valence-corrected chi connectivity index (χ0v) is 10.5. The summed E-state index contributed by atoms with van der Waals surface area (Å²) >= 11 is 0. The van der Waals surface area contributed by atoms with Crippen molar-refractivity contribution in [2.75, 3.05) is 0 Å². The van der Waals surface area contributed by atoms with Crippen LogP contribution in [-0.4, -0.2) is 29.5 Å². The van der Waals surface area contributed by atoms with E-state index in [-0.39, 0.29) is 5.69 Å². The maximum absolute atomic E-state index is 11.3. The van der Waals surface area contributed by atoms with E-state index in [4.69, 9.17) is 5.26 Å². The predicted octanol–water partition coefficient (Wildman–Crippen LogP) is 0.833. The molecule has 4 rings (SSSR count). The van der Waals surface area contributed by atoms with Gasteiger partial charge < -0.3 is 4.98 Å². The summed E-state index contributed by atoms with van der Waals surface area (Å²) in [4.78, 5) is 25.0. The highest BCUT2D eigenvalue weighted by atomic mass is 16.1. The molecule has 0 bridgehead atoms. The number of aromatic amines is 2. The summed E-state index contributed by atoms with van der Waals surface area (Å²) < 4.78 is 1.64. The van der Waals surface area contributed by atoms with E-state index in [0.29, 0.717) is 28.1 Å². The molecule has 0 aliphatic rings. The molecule has 8 heteroatoms. The molecule has 0 radical (unpaired) electrons. The Hall–Kier alpha value is -3.47. The fourth-order valence-corrected chi connectivity index (χ4v) is 2.18. The molecule has 2 N–H and O–H groups in total. The lowest BCUT2D eigenvalue weighted by molar-refractivity contribution is 0.960. The average Bonchev–Trinajstić information content (AvgIpc) is 3.07. The van der Waals surface area contributed by atoms with Gasteiger partial charge in [-0.3, -0.25) is 4.98 Å². The Morgan fingerprint density at radius 2 is 2.19 bits per heavy atom. The quantitative estimate of drug-likeness (QED) is 0.534. The minimum absolute atomic E-state index is 0.330. The molecule has 100 valence electrons. The zero-order valence-electron chi connectivity index (χ0n) is 10.5. The number of nitriles is 1. The van der Waals surface area contributed by atoms with E-state index in [1.165, 1.54) is 6.20 Å². The largest absolute Gasteiger partial charge is 0.325 e. The molecule has 4 heterocycles. The van der Waals surface area contributed by atoms with Gasteiger partial charge in [0.05, 0.1) is 35.1 Å². The topological polar surface area (TPSA) is 116 Å². The van der Waals surface area contributed by atoms with Crippen LogP contribution in [0.2, 0.25) is 0 Å². The summed E-state index contributed by atoms with van der Waals surface area (Å²) in [6.45, 7) is 0. The van der Waals surface area contributed by atoms with Gasteiger partial charge in [0.25, 0.3) is 0 Å². The molecule has 0 saturated heterocycles. The maximum Gasteiger partial charge on any atom is 0.325 e. The number of aromatic nitrogens is 6. The van der Waals surface area contributed by atoms with Crippen molar-refractivity contribution in [1.82, 2.24) is 29.5 Å². The third-order valence-corrected chi connectivity index (χ3v) is 3.16. The summed E-state index contributed by atoms with van der Waals surface area (Å²) in [5.41, 5.74) is 2.59. The van der Waals surface area contributed by atoms with Crippen molar-refractivity contribution in [2.45, 2.75) is 0 Å². The Bertz CT molecular complexity index is 1080. The van der Waals surface area contributed by atoms with E-state index in [1.54, 1.807) is 29.0 Å². The third kappa shape index (κ3) is 1.68. The molecule has 0 aliphatic carbocycles. The third-order valence-electron chi connectivity index (χ3n) is 3.16.